The van der Waals surface area contributed by atoms with Crippen LogP contribution in [0.25, 0.3) is 0 Å². The van der Waals surface area contributed by atoms with E-state index < -0.39 is 24.2 Å². The van der Waals surface area contributed by atoms with E-state index in [0.29, 0.717) is 19.0 Å². The highest BCUT2D eigenvalue weighted by atomic mass is 35.5. The molecule has 1 aromatic rings. The molecule has 0 aliphatic carbocycles. The average Bonchev–Trinajstić information content (AvgIpc) is 2.57. The fraction of sp³-hybridized carbons (Fsp3) is 0.611. The van der Waals surface area contributed by atoms with Crippen molar-refractivity contribution < 1.29 is 23.7 Å². The Kier molecular flexibility index (Phi) is 12.2. The molecule has 4 atom stereocenters. The summed E-state index contributed by atoms with van der Waals surface area (Å²) in [5, 5.41) is 0. The van der Waals surface area contributed by atoms with E-state index >= 15 is 0 Å². The van der Waals surface area contributed by atoms with Crippen LogP contribution in [-0.2, 0) is 19.0 Å². The second-order valence-corrected chi connectivity index (χ2v) is 5.69. The summed E-state index contributed by atoms with van der Waals surface area (Å²) in [6.45, 7) is 6.28. The van der Waals surface area contributed by atoms with Gasteiger partial charge in [0.25, 0.3) is 0 Å². The molecule has 6 nitrogen and oxygen atoms in total. The Labute approximate surface area is 156 Å². The van der Waals surface area contributed by atoms with Crippen LogP contribution in [0.15, 0.2) is 30.3 Å². The number of ether oxygens (including phenoxy) is 4. The summed E-state index contributed by atoms with van der Waals surface area (Å²) in [6, 6.07) is 8.66. The largest absolute Gasteiger partial charge is 0.484 e. The number of carbonyl (C=O) groups is 1. The number of methoxy groups -OCH3 is 1. The zero-order valence-corrected chi connectivity index (χ0v) is 16.2. The smallest absolute Gasteiger partial charge is 0.323 e. The van der Waals surface area contributed by atoms with Crippen molar-refractivity contribution in [1.82, 2.24) is 0 Å². The van der Waals surface area contributed by atoms with Crippen LogP contribution in [-0.4, -0.2) is 50.6 Å². The van der Waals surface area contributed by atoms with Crippen LogP contribution in [0.4, 0.5) is 0 Å². The number of hydrogen-bond acceptors (Lipinski definition) is 6. The molecule has 1 rings (SSSR count). The first-order valence-electron chi connectivity index (χ1n) is 8.27. The lowest BCUT2D eigenvalue weighted by Crippen LogP contribution is -2.47. The quantitative estimate of drug-likeness (QED) is 0.599. The molecule has 0 bridgehead atoms. The molecule has 0 saturated carbocycles. The highest BCUT2D eigenvalue weighted by Gasteiger charge is 2.33. The third kappa shape index (κ3) is 8.54. The minimum atomic E-state index is -0.692. The molecule has 2 N–H and O–H groups in total. The van der Waals surface area contributed by atoms with Crippen molar-refractivity contribution >= 4 is 18.4 Å². The molecule has 144 valence electrons. The SMILES string of the molecule is CCCO[C@@H](COC)[C@@H](Oc1ccccc1)[C@H](C)OC(=O)[C@@H](C)N.Cl. The number of nitrogens with two attached hydrogens (primary N) is 1. The van der Waals surface area contributed by atoms with Gasteiger partial charge in [0.05, 0.1) is 6.61 Å². The molecule has 0 radical (unpaired) electrons. The number of para-hydroxylation sites is 1. The molecule has 0 heterocycles. The van der Waals surface area contributed by atoms with Crippen LogP contribution in [0.1, 0.15) is 27.2 Å². The normalized spacial score (nSPS) is 15.4. The van der Waals surface area contributed by atoms with Gasteiger partial charge in [-0.3, -0.25) is 4.79 Å². The summed E-state index contributed by atoms with van der Waals surface area (Å²) in [5.41, 5.74) is 5.58. The number of rotatable bonds is 11. The molecule has 1 aromatic carbocycles. The number of halogens is 1. The Bertz CT molecular complexity index is 472. The van der Waals surface area contributed by atoms with Gasteiger partial charge >= 0.3 is 5.97 Å². The van der Waals surface area contributed by atoms with Gasteiger partial charge in [-0.15, -0.1) is 12.4 Å². The minimum absolute atomic E-state index is 0. The fourth-order valence-corrected chi connectivity index (χ4v) is 2.16. The third-order valence-electron chi connectivity index (χ3n) is 3.39. The highest BCUT2D eigenvalue weighted by Crippen LogP contribution is 2.19. The van der Waals surface area contributed by atoms with E-state index in [2.05, 4.69) is 0 Å². The Balaban J connectivity index is 0.00000576. The fourth-order valence-electron chi connectivity index (χ4n) is 2.16. The molecule has 0 amide bonds. The molecule has 0 fully saturated rings. The van der Waals surface area contributed by atoms with Crippen LogP contribution in [0.5, 0.6) is 5.75 Å². The Morgan fingerprint density at radius 3 is 2.36 bits per heavy atom. The molecule has 0 spiro atoms. The topological polar surface area (TPSA) is 80.0 Å². The first-order chi connectivity index (χ1) is 11.5. The maximum Gasteiger partial charge on any atom is 0.323 e. The van der Waals surface area contributed by atoms with Gasteiger partial charge in [0, 0.05) is 13.7 Å². The molecule has 0 saturated heterocycles. The summed E-state index contributed by atoms with van der Waals surface area (Å²) < 4.78 is 22.6. The zero-order chi connectivity index (χ0) is 17.9. The molecular weight excluding hydrogens is 346 g/mol. The van der Waals surface area contributed by atoms with Gasteiger partial charge < -0.3 is 24.7 Å². The van der Waals surface area contributed by atoms with Crippen molar-refractivity contribution in [1.29, 1.82) is 0 Å². The Hall–Kier alpha value is -1.34. The highest BCUT2D eigenvalue weighted by molar-refractivity contribution is 5.85. The van der Waals surface area contributed by atoms with Crippen molar-refractivity contribution in [2.75, 3.05) is 20.3 Å². The molecular formula is C18H30ClNO5. The summed E-state index contributed by atoms with van der Waals surface area (Å²) >= 11 is 0. The van der Waals surface area contributed by atoms with Gasteiger partial charge in [-0.25, -0.2) is 0 Å². The summed E-state index contributed by atoms with van der Waals surface area (Å²) in [5.74, 6) is 0.197. The van der Waals surface area contributed by atoms with Crippen molar-refractivity contribution in [3.8, 4) is 5.75 Å². The van der Waals surface area contributed by atoms with E-state index in [9.17, 15) is 4.79 Å². The summed E-state index contributed by atoms with van der Waals surface area (Å²) in [7, 11) is 1.60. The van der Waals surface area contributed by atoms with Crippen molar-refractivity contribution in [3.05, 3.63) is 30.3 Å². The first-order valence-corrected chi connectivity index (χ1v) is 8.27. The van der Waals surface area contributed by atoms with E-state index in [0.717, 1.165) is 6.42 Å². The second-order valence-electron chi connectivity index (χ2n) is 5.69. The molecule has 25 heavy (non-hydrogen) atoms. The van der Waals surface area contributed by atoms with E-state index in [-0.39, 0.29) is 18.5 Å². The average molecular weight is 376 g/mol. The van der Waals surface area contributed by atoms with Crippen molar-refractivity contribution in [2.24, 2.45) is 5.73 Å². The molecule has 0 unspecified atom stereocenters. The van der Waals surface area contributed by atoms with Crippen molar-refractivity contribution in [3.63, 3.8) is 0 Å². The van der Waals surface area contributed by atoms with Crippen LogP contribution < -0.4 is 10.5 Å². The number of benzene rings is 1. The van der Waals surface area contributed by atoms with E-state index in [1.807, 2.05) is 37.3 Å². The standard InChI is InChI=1S/C18H29NO5.ClH/c1-5-11-22-16(12-21-4)17(14(3)23-18(20)13(2)19)24-15-9-7-6-8-10-15;/h6-10,13-14,16-17H,5,11-12,19H2,1-4H3;1H/t13-,14+,16+,17+;/m1./s1. The van der Waals surface area contributed by atoms with Gasteiger partial charge in [-0.2, -0.15) is 0 Å². The van der Waals surface area contributed by atoms with Gasteiger partial charge in [0.15, 0.2) is 6.10 Å². The molecule has 0 aliphatic heterocycles. The predicted molar refractivity (Wildman–Crippen MR) is 99.2 cm³/mol. The second kappa shape index (κ2) is 12.9. The van der Waals surface area contributed by atoms with Gasteiger partial charge in [-0.05, 0) is 32.4 Å². The summed E-state index contributed by atoms with van der Waals surface area (Å²) in [4.78, 5) is 11.8. The molecule has 7 heteroatoms. The van der Waals surface area contributed by atoms with Gasteiger partial charge in [0.1, 0.15) is 24.0 Å². The lowest BCUT2D eigenvalue weighted by molar-refractivity contribution is -0.161. The molecule has 0 aromatic heterocycles. The van der Waals surface area contributed by atoms with E-state index in [1.54, 1.807) is 21.0 Å². The lowest BCUT2D eigenvalue weighted by atomic mass is 10.1. The van der Waals surface area contributed by atoms with E-state index in [1.165, 1.54) is 0 Å². The summed E-state index contributed by atoms with van der Waals surface area (Å²) in [6.07, 6.45) is -0.555. The predicted octanol–water partition coefficient (Wildman–Crippen LogP) is 2.58. The maximum absolute atomic E-state index is 11.8. The Morgan fingerprint density at radius 1 is 1.20 bits per heavy atom. The Morgan fingerprint density at radius 2 is 1.84 bits per heavy atom. The van der Waals surface area contributed by atoms with Crippen LogP contribution in [0, 0.1) is 0 Å². The van der Waals surface area contributed by atoms with Crippen molar-refractivity contribution in [2.45, 2.75) is 51.5 Å². The number of hydrogen-bond donors (Lipinski definition) is 1. The first kappa shape index (κ1) is 23.7. The lowest BCUT2D eigenvalue weighted by Gasteiger charge is -2.32. The number of carbonyl (C=O) groups excluding carboxylic acids is 1. The number of esters is 1. The van der Waals surface area contributed by atoms with Crippen LogP contribution >= 0.6 is 12.4 Å². The van der Waals surface area contributed by atoms with Crippen LogP contribution in [0.2, 0.25) is 0 Å². The third-order valence-corrected chi connectivity index (χ3v) is 3.39. The van der Waals surface area contributed by atoms with Gasteiger partial charge in [0.2, 0.25) is 0 Å². The molecule has 0 aliphatic rings. The monoisotopic (exact) mass is 375 g/mol. The van der Waals surface area contributed by atoms with Gasteiger partial charge in [-0.1, -0.05) is 25.1 Å². The maximum atomic E-state index is 11.8. The minimum Gasteiger partial charge on any atom is -0.484 e. The van der Waals surface area contributed by atoms with Crippen LogP contribution in [0.3, 0.4) is 0 Å². The van der Waals surface area contributed by atoms with E-state index in [4.69, 9.17) is 24.7 Å². The zero-order valence-electron chi connectivity index (χ0n) is 15.3.